The second-order valence-electron chi connectivity index (χ2n) is 9.39. The molecule has 0 spiro atoms. The van der Waals surface area contributed by atoms with Gasteiger partial charge in [0.2, 0.25) is 5.95 Å². The number of anilines is 3. The van der Waals surface area contributed by atoms with Gasteiger partial charge in [0, 0.05) is 32.2 Å². The van der Waals surface area contributed by atoms with Crippen LogP contribution in [0.25, 0.3) is 0 Å². The van der Waals surface area contributed by atoms with Crippen molar-refractivity contribution in [2.45, 2.75) is 39.1 Å². The Bertz CT molecular complexity index is 1280. The molecule has 4 aromatic rings. The van der Waals surface area contributed by atoms with E-state index in [-0.39, 0.29) is 6.04 Å². The summed E-state index contributed by atoms with van der Waals surface area (Å²) in [6, 6.07) is 29.6. The van der Waals surface area contributed by atoms with Crippen LogP contribution in [0.5, 0.6) is 0 Å². The Hall–Kier alpha value is -3.97. The Labute approximate surface area is 217 Å². The molecule has 6 nitrogen and oxygen atoms in total. The lowest BCUT2D eigenvalue weighted by atomic mass is 10.1. The van der Waals surface area contributed by atoms with Crippen molar-refractivity contribution in [1.29, 1.82) is 0 Å². The maximum Gasteiger partial charge on any atom is 0.232 e. The zero-order valence-electron chi connectivity index (χ0n) is 20.2. The average Bonchev–Trinajstić information content (AvgIpc) is 3.53. The zero-order chi connectivity index (χ0) is 24.5. The van der Waals surface area contributed by atoms with E-state index in [1.807, 2.05) is 18.2 Å². The van der Waals surface area contributed by atoms with Gasteiger partial charge in [-0.3, -0.25) is 0 Å². The highest BCUT2D eigenvalue weighted by Crippen LogP contribution is 2.32. The molecule has 0 saturated heterocycles. The fourth-order valence-corrected chi connectivity index (χ4v) is 5.22. The normalized spacial score (nSPS) is 14.8. The Kier molecular flexibility index (Phi) is 5.99. The van der Waals surface area contributed by atoms with Crippen LogP contribution < -0.4 is 20.4 Å². The number of fused-ring (bicyclic) bond motifs is 2. The summed E-state index contributed by atoms with van der Waals surface area (Å²) < 4.78 is 0. The molecule has 6 rings (SSSR count). The molecule has 0 unspecified atom stereocenters. The van der Waals surface area contributed by atoms with Gasteiger partial charge in [-0.1, -0.05) is 78.9 Å². The third-order valence-electron chi connectivity index (χ3n) is 6.90. The molecule has 0 radical (unpaired) electrons. The van der Waals surface area contributed by atoms with Gasteiger partial charge in [0.25, 0.3) is 0 Å². The Morgan fingerprint density at radius 1 is 0.722 bits per heavy atom. The number of nitrogens with one attached hydrogen (secondary N) is 2. The van der Waals surface area contributed by atoms with Crippen molar-refractivity contribution < 1.29 is 0 Å². The van der Waals surface area contributed by atoms with Crippen LogP contribution in [0.4, 0.5) is 17.6 Å². The van der Waals surface area contributed by atoms with Gasteiger partial charge in [0.1, 0.15) is 11.6 Å². The van der Waals surface area contributed by atoms with E-state index in [1.165, 1.54) is 27.8 Å². The van der Waals surface area contributed by atoms with Crippen molar-refractivity contribution in [2.24, 2.45) is 0 Å². The molecule has 2 N–H and O–H groups in total. The van der Waals surface area contributed by atoms with Crippen molar-refractivity contribution in [1.82, 2.24) is 15.3 Å². The first-order valence-corrected chi connectivity index (χ1v) is 12.7. The number of hydrogen-bond donors (Lipinski definition) is 2. The highest BCUT2D eigenvalue weighted by Gasteiger charge is 2.25. The predicted octanol–water partition coefficient (Wildman–Crippen LogP) is 5.56. The fraction of sp³-hybridized carbons (Fsp3) is 0.207. The molecule has 0 bridgehead atoms. The SMILES string of the molecule is C[C@H](NC(=S)Nc1nc(N2Cc3ccccc3C2)cc(N2Cc3ccccc3C2)n1)c1ccccc1. The van der Waals surface area contributed by atoms with Gasteiger partial charge in [0.05, 0.1) is 6.04 Å². The van der Waals surface area contributed by atoms with E-state index < -0.39 is 0 Å². The minimum absolute atomic E-state index is 0.0648. The third-order valence-corrected chi connectivity index (χ3v) is 7.12. The maximum atomic E-state index is 5.65. The van der Waals surface area contributed by atoms with Crippen LogP contribution in [-0.4, -0.2) is 15.1 Å². The van der Waals surface area contributed by atoms with E-state index in [9.17, 15) is 0 Å². The summed E-state index contributed by atoms with van der Waals surface area (Å²) in [6.45, 7) is 5.43. The van der Waals surface area contributed by atoms with Crippen LogP contribution in [0.15, 0.2) is 84.9 Å². The second-order valence-corrected chi connectivity index (χ2v) is 9.80. The van der Waals surface area contributed by atoms with Crippen molar-refractivity contribution in [3.05, 3.63) is 113 Å². The largest absolute Gasteiger partial charge is 0.356 e. The summed E-state index contributed by atoms with van der Waals surface area (Å²) in [5.74, 6) is 2.30. The topological polar surface area (TPSA) is 56.3 Å². The summed E-state index contributed by atoms with van der Waals surface area (Å²) in [5, 5.41) is 7.13. The zero-order valence-corrected chi connectivity index (χ0v) is 21.0. The van der Waals surface area contributed by atoms with Crippen LogP contribution in [0, 0.1) is 0 Å². The molecule has 2 aliphatic rings. The number of thiocarbonyl (C=S) groups is 1. The lowest BCUT2D eigenvalue weighted by Crippen LogP contribution is -2.32. The Balaban J connectivity index is 1.26. The lowest BCUT2D eigenvalue weighted by molar-refractivity contribution is 0.722. The molecule has 7 heteroatoms. The number of rotatable bonds is 5. The van der Waals surface area contributed by atoms with Crippen molar-refractivity contribution in [2.75, 3.05) is 15.1 Å². The predicted molar refractivity (Wildman–Crippen MR) is 149 cm³/mol. The maximum absolute atomic E-state index is 5.65. The first kappa shape index (κ1) is 22.5. The molecule has 1 aromatic heterocycles. The summed E-state index contributed by atoms with van der Waals surface area (Å²) in [4.78, 5) is 14.4. The van der Waals surface area contributed by atoms with Gasteiger partial charge in [0.15, 0.2) is 5.11 Å². The molecule has 3 heterocycles. The van der Waals surface area contributed by atoms with E-state index in [2.05, 4.69) is 94.1 Å². The Morgan fingerprint density at radius 2 is 1.17 bits per heavy atom. The van der Waals surface area contributed by atoms with E-state index >= 15 is 0 Å². The van der Waals surface area contributed by atoms with Crippen LogP contribution in [-0.2, 0) is 26.2 Å². The van der Waals surface area contributed by atoms with E-state index in [0.717, 1.165) is 37.8 Å². The van der Waals surface area contributed by atoms with Crippen LogP contribution >= 0.6 is 12.2 Å². The standard InChI is InChI=1S/C29H28N6S/c1-20(21-9-3-2-4-10-21)30-29(36)33-28-31-26(34-16-22-11-5-6-12-23(22)17-34)15-27(32-28)35-18-24-13-7-8-14-25(24)19-35/h2-15,20H,16-19H2,1H3,(H2,30,31,32,33,36)/t20-/m0/s1. The minimum atomic E-state index is 0.0648. The molecule has 0 saturated carbocycles. The molecule has 2 aliphatic heterocycles. The van der Waals surface area contributed by atoms with E-state index in [0.29, 0.717) is 11.1 Å². The molecule has 0 fully saturated rings. The molecule has 0 aliphatic carbocycles. The summed E-state index contributed by atoms with van der Waals surface area (Å²) in [5.41, 5.74) is 6.54. The van der Waals surface area contributed by atoms with Crippen LogP contribution in [0.2, 0.25) is 0 Å². The fourth-order valence-electron chi connectivity index (χ4n) is 4.95. The monoisotopic (exact) mass is 492 g/mol. The van der Waals surface area contributed by atoms with Gasteiger partial charge < -0.3 is 20.4 Å². The van der Waals surface area contributed by atoms with Gasteiger partial charge in [-0.25, -0.2) is 0 Å². The first-order chi connectivity index (χ1) is 17.6. The minimum Gasteiger partial charge on any atom is -0.356 e. The summed E-state index contributed by atoms with van der Waals surface area (Å²) >= 11 is 5.65. The quantitative estimate of drug-likeness (QED) is 0.354. The average molecular weight is 493 g/mol. The summed E-state index contributed by atoms with van der Waals surface area (Å²) in [7, 11) is 0. The van der Waals surface area contributed by atoms with Crippen molar-refractivity contribution in [3.8, 4) is 0 Å². The van der Waals surface area contributed by atoms with Crippen LogP contribution in [0.3, 0.4) is 0 Å². The number of hydrogen-bond acceptors (Lipinski definition) is 5. The van der Waals surface area contributed by atoms with Crippen LogP contribution in [0.1, 0.15) is 40.8 Å². The van der Waals surface area contributed by atoms with Crippen molar-refractivity contribution in [3.63, 3.8) is 0 Å². The Morgan fingerprint density at radius 3 is 1.64 bits per heavy atom. The number of aromatic nitrogens is 2. The van der Waals surface area contributed by atoms with Gasteiger partial charge >= 0.3 is 0 Å². The molecule has 1 atom stereocenters. The second kappa shape index (κ2) is 9.59. The van der Waals surface area contributed by atoms with Gasteiger partial charge in [-0.15, -0.1) is 0 Å². The molecule has 3 aromatic carbocycles. The molecular formula is C29H28N6S. The molecule has 180 valence electrons. The highest BCUT2D eigenvalue weighted by atomic mass is 32.1. The molecule has 0 amide bonds. The highest BCUT2D eigenvalue weighted by molar-refractivity contribution is 7.80. The van der Waals surface area contributed by atoms with E-state index in [4.69, 9.17) is 22.2 Å². The lowest BCUT2D eigenvalue weighted by Gasteiger charge is -2.23. The molecule has 36 heavy (non-hydrogen) atoms. The molecular weight excluding hydrogens is 464 g/mol. The van der Waals surface area contributed by atoms with Gasteiger partial charge in [-0.2, -0.15) is 9.97 Å². The third kappa shape index (κ3) is 4.62. The first-order valence-electron chi connectivity index (χ1n) is 12.3. The summed E-state index contributed by atoms with van der Waals surface area (Å²) in [6.07, 6.45) is 0. The van der Waals surface area contributed by atoms with E-state index in [1.54, 1.807) is 0 Å². The number of nitrogens with zero attached hydrogens (tertiary/aromatic N) is 4. The van der Waals surface area contributed by atoms with Gasteiger partial charge in [-0.05, 0) is 47.0 Å². The smallest absolute Gasteiger partial charge is 0.232 e. The number of benzene rings is 3. The van der Waals surface area contributed by atoms with Crippen molar-refractivity contribution >= 4 is 34.9 Å².